The van der Waals surface area contributed by atoms with Gasteiger partial charge in [-0.3, -0.25) is 14.4 Å². The first kappa shape index (κ1) is 22.9. The Morgan fingerprint density at radius 3 is 2.21 bits per heavy atom. The zero-order chi connectivity index (χ0) is 23.5. The Hall–Kier alpha value is -3.23. The van der Waals surface area contributed by atoms with Crippen LogP contribution in [0.1, 0.15) is 36.0 Å². The van der Waals surface area contributed by atoms with Gasteiger partial charge in [0.1, 0.15) is 5.82 Å². The lowest BCUT2D eigenvalue weighted by Gasteiger charge is -2.34. The predicted molar refractivity (Wildman–Crippen MR) is 127 cm³/mol. The van der Waals surface area contributed by atoms with Crippen LogP contribution in [0.3, 0.4) is 0 Å². The van der Waals surface area contributed by atoms with E-state index >= 15 is 0 Å². The molecule has 170 valence electrons. The third-order valence-electron chi connectivity index (χ3n) is 5.40. The average Bonchev–Trinajstić information content (AvgIpc) is 3.18. The molecule has 9 heteroatoms. The van der Waals surface area contributed by atoms with E-state index in [0.717, 1.165) is 17.7 Å². The number of anilines is 1. The van der Waals surface area contributed by atoms with Crippen LogP contribution in [0, 0.1) is 12.7 Å². The fourth-order valence-corrected chi connectivity index (χ4v) is 4.92. The molecule has 0 atom stereocenters. The van der Waals surface area contributed by atoms with E-state index in [9.17, 15) is 18.8 Å². The number of carbonyl (C=O) groups excluding carboxylic acids is 3. The highest BCUT2D eigenvalue weighted by Gasteiger charge is 2.27. The summed E-state index contributed by atoms with van der Waals surface area (Å²) in [6.07, 6.45) is 0. The summed E-state index contributed by atoms with van der Waals surface area (Å²) in [7, 11) is 0. The van der Waals surface area contributed by atoms with Gasteiger partial charge in [-0.25, -0.2) is 4.39 Å². The molecule has 1 saturated heterocycles. The molecule has 0 aliphatic carbocycles. The number of hydrogen-bond acceptors (Lipinski definition) is 4. The van der Waals surface area contributed by atoms with Crippen molar-refractivity contribution in [1.29, 1.82) is 0 Å². The van der Waals surface area contributed by atoms with Crippen LogP contribution in [0.15, 0.2) is 54.6 Å². The van der Waals surface area contributed by atoms with Crippen molar-refractivity contribution in [2.45, 2.75) is 6.92 Å². The van der Waals surface area contributed by atoms with Crippen molar-refractivity contribution in [3.63, 3.8) is 0 Å². The number of carbonyl (C=O) groups is 3. The zero-order valence-corrected chi connectivity index (χ0v) is 19.4. The molecule has 4 rings (SSSR count). The number of nitrogens with one attached hydrogen (secondary N) is 1. The van der Waals surface area contributed by atoms with Crippen molar-refractivity contribution in [2.24, 2.45) is 0 Å². The third kappa shape index (κ3) is 5.07. The van der Waals surface area contributed by atoms with Gasteiger partial charge >= 0.3 is 0 Å². The van der Waals surface area contributed by atoms with Crippen molar-refractivity contribution >= 4 is 45.7 Å². The standard InChI is InChI=1S/C24H21ClFN3O3S/c1-15-13-20(27-22(30)18-8-7-17(26)14-19(18)25)33-21(15)24(32)29-11-9-28(10-12-29)23(31)16-5-3-2-4-6-16/h2-8,13-14H,9-12H2,1H3,(H,27,30). The number of hydrogen-bond donors (Lipinski definition) is 1. The molecule has 3 amide bonds. The molecule has 1 fully saturated rings. The number of nitrogens with zero attached hydrogens (tertiary/aromatic N) is 2. The SMILES string of the molecule is Cc1cc(NC(=O)c2ccc(F)cc2Cl)sc1C(=O)N1CCN(C(=O)c2ccccc2)CC1. The Kier molecular flexibility index (Phi) is 6.76. The molecule has 1 N–H and O–H groups in total. The van der Waals surface area contributed by atoms with Gasteiger partial charge in [-0.15, -0.1) is 11.3 Å². The number of thiophene rings is 1. The second-order valence-electron chi connectivity index (χ2n) is 7.65. The summed E-state index contributed by atoms with van der Waals surface area (Å²) in [5, 5.41) is 3.24. The molecular formula is C24H21ClFN3O3S. The molecule has 2 heterocycles. The zero-order valence-electron chi connectivity index (χ0n) is 17.8. The minimum atomic E-state index is -0.526. The molecule has 3 aromatic rings. The van der Waals surface area contributed by atoms with Crippen molar-refractivity contribution in [3.8, 4) is 0 Å². The summed E-state index contributed by atoms with van der Waals surface area (Å²) >= 11 is 7.14. The quantitative estimate of drug-likeness (QED) is 0.582. The van der Waals surface area contributed by atoms with Gasteiger partial charge in [0, 0.05) is 31.7 Å². The lowest BCUT2D eigenvalue weighted by atomic mass is 10.1. The first-order valence-electron chi connectivity index (χ1n) is 10.3. The van der Waals surface area contributed by atoms with E-state index in [2.05, 4.69) is 5.32 Å². The maximum absolute atomic E-state index is 13.2. The molecule has 6 nitrogen and oxygen atoms in total. The van der Waals surface area contributed by atoms with Crippen molar-refractivity contribution in [2.75, 3.05) is 31.5 Å². The number of halogens is 2. The molecule has 33 heavy (non-hydrogen) atoms. The highest BCUT2D eigenvalue weighted by atomic mass is 35.5. The molecule has 0 bridgehead atoms. The molecule has 1 aliphatic heterocycles. The summed E-state index contributed by atoms with van der Waals surface area (Å²) in [4.78, 5) is 42.2. The minimum absolute atomic E-state index is 0.0139. The monoisotopic (exact) mass is 485 g/mol. The van der Waals surface area contributed by atoms with E-state index in [-0.39, 0.29) is 22.4 Å². The van der Waals surface area contributed by atoms with E-state index in [1.807, 2.05) is 18.2 Å². The molecule has 1 aromatic heterocycles. The minimum Gasteiger partial charge on any atom is -0.335 e. The fourth-order valence-electron chi connectivity index (χ4n) is 3.63. The predicted octanol–water partition coefficient (Wildman–Crippen LogP) is 4.70. The average molecular weight is 486 g/mol. The van der Waals surface area contributed by atoms with E-state index < -0.39 is 11.7 Å². The maximum Gasteiger partial charge on any atom is 0.264 e. The summed E-state index contributed by atoms with van der Waals surface area (Å²) in [6.45, 7) is 3.58. The van der Waals surface area contributed by atoms with E-state index in [1.54, 1.807) is 34.9 Å². The van der Waals surface area contributed by atoms with Gasteiger partial charge < -0.3 is 15.1 Å². The van der Waals surface area contributed by atoms with Gasteiger partial charge in [-0.2, -0.15) is 0 Å². The smallest absolute Gasteiger partial charge is 0.264 e. The van der Waals surface area contributed by atoms with Gasteiger partial charge in [0.25, 0.3) is 17.7 Å². The normalized spacial score (nSPS) is 13.7. The highest BCUT2D eigenvalue weighted by molar-refractivity contribution is 7.18. The van der Waals surface area contributed by atoms with E-state index in [4.69, 9.17) is 11.6 Å². The topological polar surface area (TPSA) is 69.7 Å². The lowest BCUT2D eigenvalue weighted by Crippen LogP contribution is -2.50. The lowest BCUT2D eigenvalue weighted by molar-refractivity contribution is 0.0537. The Morgan fingerprint density at radius 1 is 0.939 bits per heavy atom. The van der Waals surface area contributed by atoms with Gasteiger partial charge in [0.15, 0.2) is 0 Å². The van der Waals surface area contributed by atoms with Crippen LogP contribution >= 0.6 is 22.9 Å². The summed E-state index contributed by atoms with van der Waals surface area (Å²) in [5.41, 5.74) is 1.53. The van der Waals surface area contributed by atoms with Crippen LogP contribution in [0.4, 0.5) is 9.39 Å². The van der Waals surface area contributed by atoms with E-state index in [0.29, 0.717) is 41.6 Å². The Morgan fingerprint density at radius 2 is 1.58 bits per heavy atom. The van der Waals surface area contributed by atoms with E-state index in [1.165, 1.54) is 17.4 Å². The van der Waals surface area contributed by atoms with Crippen LogP contribution in [-0.2, 0) is 0 Å². The molecule has 0 unspecified atom stereocenters. The van der Waals surface area contributed by atoms with Crippen molar-refractivity contribution < 1.29 is 18.8 Å². The number of aryl methyl sites for hydroxylation is 1. The Bertz CT molecular complexity index is 1210. The second-order valence-corrected chi connectivity index (χ2v) is 9.11. The summed E-state index contributed by atoms with van der Waals surface area (Å²) in [5.74, 6) is -1.18. The van der Waals surface area contributed by atoms with Crippen LogP contribution in [-0.4, -0.2) is 53.7 Å². The van der Waals surface area contributed by atoms with Crippen LogP contribution < -0.4 is 5.32 Å². The van der Waals surface area contributed by atoms with Crippen LogP contribution in [0.25, 0.3) is 0 Å². The number of rotatable bonds is 4. The molecule has 2 aromatic carbocycles. The van der Waals surface area contributed by atoms with Crippen molar-refractivity contribution in [3.05, 3.63) is 87.0 Å². The molecule has 1 aliphatic rings. The fraction of sp³-hybridized carbons (Fsp3) is 0.208. The molecular weight excluding hydrogens is 465 g/mol. The van der Waals surface area contributed by atoms with Gasteiger partial charge in [-0.05, 0) is 48.9 Å². The van der Waals surface area contributed by atoms with Crippen molar-refractivity contribution in [1.82, 2.24) is 9.80 Å². The Balaban J connectivity index is 1.39. The third-order valence-corrected chi connectivity index (χ3v) is 6.85. The number of piperazine rings is 1. The summed E-state index contributed by atoms with van der Waals surface area (Å²) < 4.78 is 13.2. The maximum atomic E-state index is 13.2. The number of benzene rings is 2. The first-order valence-corrected chi connectivity index (χ1v) is 11.5. The summed E-state index contributed by atoms with van der Waals surface area (Å²) in [6, 6.07) is 14.4. The largest absolute Gasteiger partial charge is 0.335 e. The first-order chi connectivity index (χ1) is 15.8. The Labute approximate surface area is 199 Å². The van der Waals surface area contributed by atoms with Gasteiger partial charge in [-0.1, -0.05) is 29.8 Å². The second kappa shape index (κ2) is 9.72. The van der Waals surface area contributed by atoms with Crippen LogP contribution in [0.2, 0.25) is 5.02 Å². The van der Waals surface area contributed by atoms with Gasteiger partial charge in [0.05, 0.1) is 20.5 Å². The molecule has 0 saturated carbocycles. The number of amides is 3. The molecule has 0 radical (unpaired) electrons. The molecule has 0 spiro atoms. The highest BCUT2D eigenvalue weighted by Crippen LogP contribution is 2.29. The van der Waals surface area contributed by atoms with Gasteiger partial charge in [0.2, 0.25) is 0 Å². The van der Waals surface area contributed by atoms with Crippen LogP contribution in [0.5, 0.6) is 0 Å².